The number of carbonyl (C=O) groups is 2. The molecule has 1 heterocycles. The van der Waals surface area contributed by atoms with E-state index in [9.17, 15) is 9.59 Å². The lowest BCUT2D eigenvalue weighted by molar-refractivity contribution is -0.121. The number of hydrogen-bond acceptors (Lipinski definition) is 4. The molecule has 0 unspecified atom stereocenters. The second-order valence-corrected chi connectivity index (χ2v) is 9.17. The first-order chi connectivity index (χ1) is 17.2. The molecule has 6 heteroatoms. The number of amides is 2. The van der Waals surface area contributed by atoms with E-state index in [2.05, 4.69) is 40.3 Å². The van der Waals surface area contributed by atoms with Crippen LogP contribution in [0.2, 0.25) is 0 Å². The van der Waals surface area contributed by atoms with Crippen molar-refractivity contribution in [2.45, 2.75) is 32.2 Å². The maximum Gasteiger partial charge on any atom is 0.251 e. The third kappa shape index (κ3) is 7.36. The van der Waals surface area contributed by atoms with Crippen molar-refractivity contribution in [2.75, 3.05) is 6.54 Å². The van der Waals surface area contributed by atoms with Crippen molar-refractivity contribution >= 4 is 23.2 Å². The third-order valence-corrected chi connectivity index (χ3v) is 6.56. The second kappa shape index (κ2) is 12.6. The lowest BCUT2D eigenvalue weighted by Crippen LogP contribution is -2.24. The van der Waals surface area contributed by atoms with Crippen LogP contribution in [0.25, 0.3) is 21.8 Å². The highest BCUT2D eigenvalue weighted by Gasteiger charge is 2.08. The van der Waals surface area contributed by atoms with E-state index in [0.717, 1.165) is 46.7 Å². The Morgan fingerprint density at radius 3 is 2.20 bits per heavy atom. The Kier molecular flexibility index (Phi) is 8.79. The van der Waals surface area contributed by atoms with Gasteiger partial charge in [0.2, 0.25) is 5.91 Å². The summed E-state index contributed by atoms with van der Waals surface area (Å²) in [7, 11) is 0. The van der Waals surface area contributed by atoms with Crippen LogP contribution in [0.5, 0.6) is 0 Å². The molecular weight excluding hydrogens is 454 g/mol. The summed E-state index contributed by atoms with van der Waals surface area (Å²) in [6.45, 7) is 1.13. The molecule has 0 saturated carbocycles. The van der Waals surface area contributed by atoms with Gasteiger partial charge in [-0.1, -0.05) is 79.2 Å². The molecule has 4 rings (SSSR count). The fraction of sp³-hybridized carbons (Fsp3) is 0.207. The number of thiazole rings is 1. The van der Waals surface area contributed by atoms with Gasteiger partial charge in [-0.2, -0.15) is 0 Å². The molecule has 0 aliphatic heterocycles. The molecule has 2 N–H and O–H groups in total. The zero-order chi connectivity index (χ0) is 24.3. The minimum atomic E-state index is -0.0548. The number of benzene rings is 3. The van der Waals surface area contributed by atoms with Gasteiger partial charge in [0.15, 0.2) is 0 Å². The molecule has 4 aromatic rings. The Labute approximate surface area is 210 Å². The van der Waals surface area contributed by atoms with Crippen LogP contribution in [-0.4, -0.2) is 23.3 Å². The van der Waals surface area contributed by atoms with Gasteiger partial charge in [0.25, 0.3) is 5.91 Å². The van der Waals surface area contributed by atoms with Crippen LogP contribution in [0.15, 0.2) is 90.3 Å². The predicted octanol–water partition coefficient (Wildman–Crippen LogP) is 6.08. The van der Waals surface area contributed by atoms with E-state index in [1.807, 2.05) is 48.5 Å². The smallest absolute Gasteiger partial charge is 0.251 e. The molecule has 1 aromatic heterocycles. The molecule has 0 atom stereocenters. The SMILES string of the molecule is O=C(CCCCCNC(=O)c1ccccc1)NCc1ccc(-c2nc(-c3ccccc3)cs2)cc1. The molecule has 0 spiro atoms. The highest BCUT2D eigenvalue weighted by molar-refractivity contribution is 7.13. The topological polar surface area (TPSA) is 71.1 Å². The summed E-state index contributed by atoms with van der Waals surface area (Å²) in [5, 5.41) is 8.97. The van der Waals surface area contributed by atoms with Gasteiger partial charge in [-0.3, -0.25) is 9.59 Å². The average Bonchev–Trinajstić information content (AvgIpc) is 3.41. The number of carbonyl (C=O) groups excluding carboxylic acids is 2. The molecule has 0 radical (unpaired) electrons. The van der Waals surface area contributed by atoms with Crippen molar-refractivity contribution in [3.05, 3.63) is 101 Å². The van der Waals surface area contributed by atoms with Crippen LogP contribution in [0.4, 0.5) is 0 Å². The van der Waals surface area contributed by atoms with Crippen LogP contribution in [0, 0.1) is 0 Å². The lowest BCUT2D eigenvalue weighted by Gasteiger charge is -2.07. The highest BCUT2D eigenvalue weighted by Crippen LogP contribution is 2.28. The first-order valence-electron chi connectivity index (χ1n) is 11.9. The van der Waals surface area contributed by atoms with E-state index < -0.39 is 0 Å². The molecule has 0 bridgehead atoms. The summed E-state index contributed by atoms with van der Waals surface area (Å²) in [5.74, 6) is -0.00400. The number of hydrogen-bond donors (Lipinski definition) is 2. The van der Waals surface area contributed by atoms with Gasteiger partial charge in [-0.05, 0) is 30.5 Å². The number of rotatable bonds is 11. The highest BCUT2D eigenvalue weighted by atomic mass is 32.1. The van der Waals surface area contributed by atoms with Crippen LogP contribution < -0.4 is 10.6 Å². The summed E-state index contributed by atoms with van der Waals surface area (Å²) < 4.78 is 0. The zero-order valence-corrected chi connectivity index (χ0v) is 20.4. The summed E-state index contributed by atoms with van der Waals surface area (Å²) in [6, 6.07) is 27.5. The molecular formula is C29H29N3O2S. The molecule has 0 fully saturated rings. The van der Waals surface area contributed by atoms with Gasteiger partial charge in [0.05, 0.1) is 5.69 Å². The Morgan fingerprint density at radius 1 is 0.743 bits per heavy atom. The van der Waals surface area contributed by atoms with E-state index in [1.165, 1.54) is 0 Å². The molecule has 35 heavy (non-hydrogen) atoms. The van der Waals surface area contributed by atoms with Gasteiger partial charge >= 0.3 is 0 Å². The van der Waals surface area contributed by atoms with Crippen LogP contribution >= 0.6 is 11.3 Å². The van der Waals surface area contributed by atoms with Crippen molar-refractivity contribution in [3.63, 3.8) is 0 Å². The summed E-state index contributed by atoms with van der Waals surface area (Å²) in [5.41, 5.74) is 4.91. The summed E-state index contributed by atoms with van der Waals surface area (Å²) >= 11 is 1.63. The fourth-order valence-electron chi connectivity index (χ4n) is 3.68. The largest absolute Gasteiger partial charge is 0.352 e. The third-order valence-electron chi connectivity index (χ3n) is 5.67. The van der Waals surface area contributed by atoms with E-state index in [4.69, 9.17) is 4.98 Å². The Hall–Kier alpha value is -3.77. The monoisotopic (exact) mass is 483 g/mol. The number of nitrogens with zero attached hydrogens (tertiary/aromatic N) is 1. The first-order valence-corrected chi connectivity index (χ1v) is 12.8. The fourth-order valence-corrected chi connectivity index (χ4v) is 4.52. The molecule has 178 valence electrons. The number of aromatic nitrogens is 1. The molecule has 0 aliphatic rings. The molecule has 5 nitrogen and oxygen atoms in total. The van der Waals surface area contributed by atoms with Crippen molar-refractivity contribution in [2.24, 2.45) is 0 Å². The summed E-state index contributed by atoms with van der Waals surface area (Å²) in [4.78, 5) is 28.9. The lowest BCUT2D eigenvalue weighted by atomic mass is 10.1. The van der Waals surface area contributed by atoms with Crippen molar-refractivity contribution in [1.29, 1.82) is 0 Å². The molecule has 0 aliphatic carbocycles. The van der Waals surface area contributed by atoms with Crippen LogP contribution in [0.1, 0.15) is 41.6 Å². The van der Waals surface area contributed by atoms with E-state index in [0.29, 0.717) is 25.1 Å². The van der Waals surface area contributed by atoms with Crippen LogP contribution in [0.3, 0.4) is 0 Å². The van der Waals surface area contributed by atoms with Gasteiger partial charge < -0.3 is 10.6 Å². The normalized spacial score (nSPS) is 10.6. The van der Waals surface area contributed by atoms with E-state index >= 15 is 0 Å². The van der Waals surface area contributed by atoms with Crippen molar-refractivity contribution < 1.29 is 9.59 Å². The minimum absolute atomic E-state index is 0.0508. The average molecular weight is 484 g/mol. The molecule has 0 saturated heterocycles. The maximum atomic E-state index is 12.2. The number of unbranched alkanes of at least 4 members (excludes halogenated alkanes) is 2. The van der Waals surface area contributed by atoms with E-state index in [-0.39, 0.29) is 11.8 Å². The summed E-state index contributed by atoms with van der Waals surface area (Å²) in [6.07, 6.45) is 3.05. The molecule has 3 aromatic carbocycles. The first kappa shape index (κ1) is 24.4. The molecule has 2 amide bonds. The Morgan fingerprint density at radius 2 is 1.46 bits per heavy atom. The van der Waals surface area contributed by atoms with Crippen molar-refractivity contribution in [1.82, 2.24) is 15.6 Å². The van der Waals surface area contributed by atoms with Gasteiger partial charge in [0, 0.05) is 41.6 Å². The van der Waals surface area contributed by atoms with Gasteiger partial charge in [0.1, 0.15) is 5.01 Å². The van der Waals surface area contributed by atoms with Crippen molar-refractivity contribution in [3.8, 4) is 21.8 Å². The minimum Gasteiger partial charge on any atom is -0.352 e. The van der Waals surface area contributed by atoms with Gasteiger partial charge in [-0.15, -0.1) is 11.3 Å². The van der Waals surface area contributed by atoms with Gasteiger partial charge in [-0.25, -0.2) is 4.98 Å². The Bertz CT molecular complexity index is 1220. The quantitative estimate of drug-likeness (QED) is 0.254. The second-order valence-electron chi connectivity index (χ2n) is 8.31. The zero-order valence-electron chi connectivity index (χ0n) is 19.6. The standard InChI is InChI=1S/C29H29N3O2S/c33-27(14-8-3-9-19-30-28(34)24-12-6-2-7-13-24)31-20-22-15-17-25(18-16-22)29-32-26(21-35-29)23-10-4-1-5-11-23/h1-2,4-7,10-13,15-18,21H,3,8-9,14,19-20H2,(H,30,34)(H,31,33). The van der Waals surface area contributed by atoms with E-state index in [1.54, 1.807) is 23.5 Å². The number of nitrogens with one attached hydrogen (secondary N) is 2. The van der Waals surface area contributed by atoms with Crippen LogP contribution in [-0.2, 0) is 11.3 Å². The Balaban J connectivity index is 1.13. The maximum absolute atomic E-state index is 12.2. The predicted molar refractivity (Wildman–Crippen MR) is 142 cm³/mol.